The number of ketones is 1. The van der Waals surface area contributed by atoms with Crippen molar-refractivity contribution in [2.75, 3.05) is 0 Å². The summed E-state index contributed by atoms with van der Waals surface area (Å²) in [5.74, 6) is 4.19. The molecule has 4 fully saturated rings. The van der Waals surface area contributed by atoms with Gasteiger partial charge in [-0.25, -0.2) is 0 Å². The molecule has 0 aromatic heterocycles. The summed E-state index contributed by atoms with van der Waals surface area (Å²) in [7, 11) is 0. The topological polar surface area (TPSA) is 35.5 Å². The molecule has 1 heterocycles. The molecule has 0 radical (unpaired) electrons. The number of carbonyl (C=O) groups excluding carboxylic acids is 1. The molecular weight excluding hydrogens is 408 g/mol. The Hall–Kier alpha value is -0.670. The summed E-state index contributed by atoms with van der Waals surface area (Å²) < 4.78 is 12.5. The van der Waals surface area contributed by atoms with Crippen LogP contribution in [0.2, 0.25) is 0 Å². The highest BCUT2D eigenvalue weighted by atomic mass is 16.7. The van der Waals surface area contributed by atoms with Gasteiger partial charge in [-0.05, 0) is 93.0 Å². The van der Waals surface area contributed by atoms with Crippen LogP contribution in [0.4, 0.5) is 0 Å². The summed E-state index contributed by atoms with van der Waals surface area (Å²) in [5, 5.41) is 0. The predicted molar refractivity (Wildman–Crippen MR) is 133 cm³/mol. The molecule has 186 valence electrons. The molecule has 4 aliphatic carbocycles. The third-order valence-corrected chi connectivity index (χ3v) is 11.0. The summed E-state index contributed by atoms with van der Waals surface area (Å²) in [4.78, 5) is 13.6. The van der Waals surface area contributed by atoms with E-state index >= 15 is 0 Å². The van der Waals surface area contributed by atoms with Gasteiger partial charge >= 0.3 is 0 Å². The van der Waals surface area contributed by atoms with E-state index in [1.165, 1.54) is 44.9 Å². The lowest BCUT2D eigenvalue weighted by Crippen LogP contribution is -2.55. The number of rotatable bonds is 5. The van der Waals surface area contributed by atoms with Gasteiger partial charge in [0.1, 0.15) is 6.10 Å². The minimum absolute atomic E-state index is 0.0484. The molecule has 3 nitrogen and oxygen atoms in total. The minimum atomic E-state index is -0.547. The third-order valence-electron chi connectivity index (χ3n) is 11.0. The van der Waals surface area contributed by atoms with Crippen molar-refractivity contribution in [1.29, 1.82) is 0 Å². The van der Waals surface area contributed by atoms with Gasteiger partial charge in [-0.15, -0.1) is 0 Å². The Morgan fingerprint density at radius 3 is 2.48 bits per heavy atom. The maximum Gasteiger partial charge on any atom is 0.164 e. The quantitative estimate of drug-likeness (QED) is 0.434. The van der Waals surface area contributed by atoms with Gasteiger partial charge in [0.05, 0.1) is 6.10 Å². The third kappa shape index (κ3) is 3.88. The van der Waals surface area contributed by atoms with E-state index < -0.39 is 5.79 Å². The maximum absolute atomic E-state index is 13.6. The molecule has 0 bridgehead atoms. The van der Waals surface area contributed by atoms with Gasteiger partial charge in [-0.2, -0.15) is 0 Å². The van der Waals surface area contributed by atoms with Crippen LogP contribution in [0.5, 0.6) is 0 Å². The zero-order valence-corrected chi connectivity index (χ0v) is 22.3. The van der Waals surface area contributed by atoms with Crippen molar-refractivity contribution in [1.82, 2.24) is 0 Å². The highest BCUT2D eigenvalue weighted by molar-refractivity contribution is 5.98. The first-order valence-corrected chi connectivity index (χ1v) is 14.1. The van der Waals surface area contributed by atoms with Crippen LogP contribution in [0.25, 0.3) is 0 Å². The largest absolute Gasteiger partial charge is 0.344 e. The van der Waals surface area contributed by atoms with E-state index in [1.807, 2.05) is 13.8 Å². The Kier molecular flexibility index (Phi) is 5.97. The lowest BCUT2D eigenvalue weighted by molar-refractivity contribution is -0.147. The van der Waals surface area contributed by atoms with E-state index in [1.54, 1.807) is 0 Å². The number of allylic oxidation sites excluding steroid dienone is 1. The van der Waals surface area contributed by atoms with Crippen LogP contribution >= 0.6 is 0 Å². The van der Waals surface area contributed by atoms with Crippen molar-refractivity contribution < 1.29 is 14.3 Å². The van der Waals surface area contributed by atoms with Gasteiger partial charge in [0.2, 0.25) is 0 Å². The van der Waals surface area contributed by atoms with E-state index in [-0.39, 0.29) is 17.6 Å². The molecule has 0 aromatic carbocycles. The summed E-state index contributed by atoms with van der Waals surface area (Å²) in [6, 6.07) is 0. The first-order valence-electron chi connectivity index (χ1n) is 14.1. The molecule has 1 saturated heterocycles. The number of ether oxygens (including phenoxy) is 2. The molecule has 0 aromatic rings. The van der Waals surface area contributed by atoms with Gasteiger partial charge in [0.25, 0.3) is 0 Å². The lowest BCUT2D eigenvalue weighted by Gasteiger charge is -2.58. The zero-order chi connectivity index (χ0) is 23.8. The van der Waals surface area contributed by atoms with Crippen molar-refractivity contribution in [2.24, 2.45) is 46.3 Å². The second-order valence-corrected chi connectivity index (χ2v) is 13.9. The Bertz CT molecular complexity index is 811. The average Bonchev–Trinajstić information content (AvgIpc) is 3.20. The van der Waals surface area contributed by atoms with Gasteiger partial charge in [0.15, 0.2) is 11.6 Å². The predicted octanol–water partition coefficient (Wildman–Crippen LogP) is 7.34. The van der Waals surface area contributed by atoms with Crippen LogP contribution in [0.15, 0.2) is 11.6 Å². The molecule has 1 aliphatic heterocycles. The molecule has 0 unspecified atom stereocenters. The average molecular weight is 457 g/mol. The summed E-state index contributed by atoms with van der Waals surface area (Å²) in [6.45, 7) is 16.2. The van der Waals surface area contributed by atoms with E-state index in [2.05, 4.69) is 40.7 Å². The van der Waals surface area contributed by atoms with Crippen molar-refractivity contribution in [3.63, 3.8) is 0 Å². The second-order valence-electron chi connectivity index (χ2n) is 13.9. The first-order chi connectivity index (χ1) is 15.4. The molecule has 5 aliphatic rings. The van der Waals surface area contributed by atoms with Crippen LogP contribution in [0, 0.1) is 46.3 Å². The van der Waals surface area contributed by atoms with E-state index in [0.29, 0.717) is 29.0 Å². The molecule has 5 rings (SSSR count). The zero-order valence-electron chi connectivity index (χ0n) is 22.3. The highest BCUT2D eigenvalue weighted by Crippen LogP contribution is 2.67. The monoisotopic (exact) mass is 456 g/mol. The highest BCUT2D eigenvalue weighted by Gasteiger charge is 2.62. The van der Waals surface area contributed by atoms with Crippen molar-refractivity contribution in [2.45, 2.75) is 124 Å². The fourth-order valence-electron chi connectivity index (χ4n) is 9.52. The van der Waals surface area contributed by atoms with Gasteiger partial charge in [-0.3, -0.25) is 4.79 Å². The summed E-state index contributed by atoms with van der Waals surface area (Å²) in [6.07, 6.45) is 13.3. The van der Waals surface area contributed by atoms with Gasteiger partial charge in [0, 0.05) is 17.4 Å². The van der Waals surface area contributed by atoms with Crippen molar-refractivity contribution >= 4 is 5.78 Å². The molecule has 33 heavy (non-hydrogen) atoms. The van der Waals surface area contributed by atoms with E-state index in [9.17, 15) is 4.79 Å². The van der Waals surface area contributed by atoms with Gasteiger partial charge < -0.3 is 9.47 Å². The van der Waals surface area contributed by atoms with Crippen LogP contribution in [0.1, 0.15) is 106 Å². The number of Topliss-reactive ketones (excluding diaryl/α,β-unsaturated/α-hetero) is 1. The molecule has 3 saturated carbocycles. The summed E-state index contributed by atoms with van der Waals surface area (Å²) in [5.41, 5.74) is 1.45. The Morgan fingerprint density at radius 2 is 1.76 bits per heavy atom. The van der Waals surface area contributed by atoms with Gasteiger partial charge in [-0.1, -0.05) is 53.9 Å². The van der Waals surface area contributed by atoms with Crippen molar-refractivity contribution in [3.8, 4) is 0 Å². The SMILES string of the molecule is CC(C)CCC[C@@H](C)[C@H]1CC[C@H]2[C@@H]3CC(=O)C4=C[C@H]5OC(C)(C)O[C@H]5C[C@]4(C)[C@H]3CC[C@]12C. The van der Waals surface area contributed by atoms with Crippen LogP contribution in [-0.4, -0.2) is 23.8 Å². The molecule has 0 spiro atoms. The molecule has 0 amide bonds. The fraction of sp³-hybridized carbons (Fsp3) is 0.900. The van der Waals surface area contributed by atoms with E-state index in [0.717, 1.165) is 36.2 Å². The second kappa shape index (κ2) is 8.19. The van der Waals surface area contributed by atoms with Crippen molar-refractivity contribution in [3.05, 3.63) is 11.6 Å². The fourth-order valence-corrected chi connectivity index (χ4v) is 9.52. The minimum Gasteiger partial charge on any atom is -0.344 e. The number of fused-ring (bicyclic) bond motifs is 6. The molecular formula is C30H48O3. The summed E-state index contributed by atoms with van der Waals surface area (Å²) >= 11 is 0. The van der Waals surface area contributed by atoms with Crippen LogP contribution < -0.4 is 0 Å². The lowest BCUT2D eigenvalue weighted by atomic mass is 9.46. The Morgan fingerprint density at radius 1 is 1.00 bits per heavy atom. The molecule has 0 N–H and O–H groups in total. The Balaban J connectivity index is 1.36. The normalized spacial score (nSPS) is 46.9. The smallest absolute Gasteiger partial charge is 0.164 e. The standard InChI is InChI=1S/C30H48O3/c1-18(2)9-8-10-19(3)21-11-12-22-20-15-25(31)24-16-26-27(33-28(4,5)32-26)17-30(24,7)23(20)13-14-29(21,22)6/h16,18-23,26-27H,8-15,17H2,1-7H3/t19-,20+,21-,22+,23+,26-,27+,29-,30-/m1/s1. The van der Waals surface area contributed by atoms with Crippen LogP contribution in [0.3, 0.4) is 0 Å². The first kappa shape index (κ1) is 24.0. The molecule has 9 atom stereocenters. The van der Waals surface area contributed by atoms with Crippen LogP contribution in [-0.2, 0) is 14.3 Å². The number of hydrogen-bond donors (Lipinski definition) is 0. The molecule has 3 heteroatoms. The number of hydrogen-bond acceptors (Lipinski definition) is 3. The number of carbonyl (C=O) groups is 1. The Labute approximate surface area is 202 Å². The van der Waals surface area contributed by atoms with E-state index in [4.69, 9.17) is 9.47 Å². The maximum atomic E-state index is 13.6.